The minimum absolute atomic E-state index is 0.601. The molecule has 0 amide bonds. The summed E-state index contributed by atoms with van der Waals surface area (Å²) in [4.78, 5) is 8.61. The predicted molar refractivity (Wildman–Crippen MR) is 56.1 cm³/mol. The highest BCUT2D eigenvalue weighted by Gasteiger charge is 2.30. The highest BCUT2D eigenvalue weighted by atomic mass is 35.7. The Hall–Kier alpha value is -0.990. The van der Waals surface area contributed by atoms with Gasteiger partial charge in [-0.15, -0.1) is 0 Å². The maximum atomic E-state index is 12.5. The molecule has 94 valence electrons. The van der Waals surface area contributed by atoms with Crippen molar-refractivity contribution in [3.05, 3.63) is 32.8 Å². The highest BCUT2D eigenvalue weighted by molar-refractivity contribution is 8.13. The summed E-state index contributed by atoms with van der Waals surface area (Å²) in [5.41, 5.74) is -2.13. The SMILES string of the molecule is O=[N+]([O-])c1c(C(F)F)ccc(S(=O)(=O)Cl)c1Cl. The van der Waals surface area contributed by atoms with Gasteiger partial charge in [0.1, 0.15) is 9.92 Å². The van der Waals surface area contributed by atoms with Crippen LogP contribution in [-0.4, -0.2) is 13.3 Å². The summed E-state index contributed by atoms with van der Waals surface area (Å²) in [5.74, 6) is 0. The van der Waals surface area contributed by atoms with Crippen LogP contribution in [0.5, 0.6) is 0 Å². The minimum atomic E-state index is -4.34. The molecule has 0 radical (unpaired) electrons. The molecule has 0 bridgehead atoms. The van der Waals surface area contributed by atoms with E-state index in [1.165, 1.54) is 0 Å². The Morgan fingerprint density at radius 1 is 1.35 bits per heavy atom. The molecule has 5 nitrogen and oxygen atoms in total. The van der Waals surface area contributed by atoms with Crippen LogP contribution in [0.2, 0.25) is 5.02 Å². The third-order valence-corrected chi connectivity index (χ3v) is 3.65. The maximum absolute atomic E-state index is 12.5. The van der Waals surface area contributed by atoms with Crippen LogP contribution in [0.3, 0.4) is 0 Å². The summed E-state index contributed by atoms with van der Waals surface area (Å²) >= 11 is 5.40. The summed E-state index contributed by atoms with van der Waals surface area (Å²) in [6.07, 6.45) is -3.15. The fraction of sp³-hybridized carbons (Fsp3) is 0.143. The number of nitro groups is 1. The van der Waals surface area contributed by atoms with Crippen LogP contribution in [0, 0.1) is 10.1 Å². The number of nitro benzene ring substituents is 1. The monoisotopic (exact) mass is 305 g/mol. The van der Waals surface area contributed by atoms with Gasteiger partial charge in [-0.05, 0) is 12.1 Å². The molecule has 1 aromatic rings. The minimum Gasteiger partial charge on any atom is -0.258 e. The Balaban J connectivity index is 3.67. The number of halogens is 4. The van der Waals surface area contributed by atoms with E-state index in [-0.39, 0.29) is 0 Å². The van der Waals surface area contributed by atoms with Crippen molar-refractivity contribution < 1.29 is 22.1 Å². The van der Waals surface area contributed by atoms with Crippen molar-refractivity contribution >= 4 is 37.0 Å². The molecular weight excluding hydrogens is 303 g/mol. The molecule has 0 aliphatic rings. The van der Waals surface area contributed by atoms with Gasteiger partial charge in [0.15, 0.2) is 0 Å². The Morgan fingerprint density at radius 3 is 2.24 bits per heavy atom. The lowest BCUT2D eigenvalue weighted by molar-refractivity contribution is -0.386. The lowest BCUT2D eigenvalue weighted by atomic mass is 10.2. The summed E-state index contributed by atoms with van der Waals surface area (Å²) in [7, 11) is 0.609. The lowest BCUT2D eigenvalue weighted by Crippen LogP contribution is -2.01. The first-order valence-electron chi connectivity index (χ1n) is 3.86. The van der Waals surface area contributed by atoms with Crippen molar-refractivity contribution in [1.82, 2.24) is 0 Å². The Bertz CT molecular complexity index is 575. The van der Waals surface area contributed by atoms with E-state index in [0.29, 0.717) is 12.1 Å². The Morgan fingerprint density at radius 2 is 1.88 bits per heavy atom. The molecule has 0 saturated heterocycles. The highest BCUT2D eigenvalue weighted by Crippen LogP contribution is 2.39. The van der Waals surface area contributed by atoms with E-state index >= 15 is 0 Å². The fourth-order valence-corrected chi connectivity index (χ4v) is 2.70. The number of hydrogen-bond acceptors (Lipinski definition) is 4. The van der Waals surface area contributed by atoms with E-state index in [1.807, 2.05) is 0 Å². The van der Waals surface area contributed by atoms with Crippen LogP contribution in [0.25, 0.3) is 0 Å². The first-order valence-corrected chi connectivity index (χ1v) is 6.54. The second-order valence-electron chi connectivity index (χ2n) is 2.81. The van der Waals surface area contributed by atoms with E-state index in [0.717, 1.165) is 0 Å². The predicted octanol–water partition coefficient (Wildman–Crippen LogP) is 3.11. The quantitative estimate of drug-likeness (QED) is 0.488. The molecule has 0 unspecified atom stereocenters. The molecule has 0 aliphatic heterocycles. The number of benzene rings is 1. The average molecular weight is 306 g/mol. The van der Waals surface area contributed by atoms with Crippen molar-refractivity contribution in [2.24, 2.45) is 0 Å². The van der Waals surface area contributed by atoms with E-state index in [2.05, 4.69) is 0 Å². The standard InChI is InChI=1S/C7H3Cl2F2NO4S/c8-5-4(17(9,15)16)2-1-3(7(10)11)6(5)12(13)14/h1-2,7H. The van der Waals surface area contributed by atoms with E-state index < -0.39 is 41.6 Å². The van der Waals surface area contributed by atoms with Gasteiger partial charge >= 0.3 is 0 Å². The number of alkyl halides is 2. The van der Waals surface area contributed by atoms with E-state index in [4.69, 9.17) is 22.3 Å². The zero-order chi connectivity index (χ0) is 13.4. The van der Waals surface area contributed by atoms with Crippen molar-refractivity contribution in [2.45, 2.75) is 11.3 Å². The van der Waals surface area contributed by atoms with Gasteiger partial charge in [-0.3, -0.25) is 10.1 Å². The molecule has 0 aromatic heterocycles. The van der Waals surface area contributed by atoms with Gasteiger partial charge in [-0.25, -0.2) is 17.2 Å². The van der Waals surface area contributed by atoms with Gasteiger partial charge < -0.3 is 0 Å². The summed E-state index contributed by atoms with van der Waals surface area (Å²) in [5, 5.41) is 9.65. The van der Waals surface area contributed by atoms with Crippen molar-refractivity contribution in [3.63, 3.8) is 0 Å². The zero-order valence-electron chi connectivity index (χ0n) is 7.73. The van der Waals surface area contributed by atoms with Crippen molar-refractivity contribution in [2.75, 3.05) is 0 Å². The summed E-state index contributed by atoms with van der Waals surface area (Å²) in [6, 6.07) is 1.29. The molecular formula is C7H3Cl2F2NO4S. The van der Waals surface area contributed by atoms with E-state index in [9.17, 15) is 27.3 Å². The molecule has 1 aromatic carbocycles. The Labute approximate surface area is 104 Å². The molecule has 0 heterocycles. The average Bonchev–Trinajstić information content (AvgIpc) is 2.13. The van der Waals surface area contributed by atoms with Gasteiger partial charge in [-0.2, -0.15) is 0 Å². The number of rotatable bonds is 3. The molecule has 10 heteroatoms. The van der Waals surface area contributed by atoms with Crippen LogP contribution in [0.1, 0.15) is 12.0 Å². The third kappa shape index (κ3) is 2.82. The van der Waals surface area contributed by atoms with Crippen LogP contribution in [0.15, 0.2) is 17.0 Å². The molecule has 0 fully saturated rings. The van der Waals surface area contributed by atoms with Crippen LogP contribution >= 0.6 is 22.3 Å². The van der Waals surface area contributed by atoms with Gasteiger partial charge in [-0.1, -0.05) is 11.6 Å². The third-order valence-electron chi connectivity index (χ3n) is 1.79. The Kier molecular flexibility index (Phi) is 3.90. The molecule has 1 rings (SSSR count). The van der Waals surface area contributed by atoms with Crippen LogP contribution in [-0.2, 0) is 9.05 Å². The lowest BCUT2D eigenvalue weighted by Gasteiger charge is -2.06. The fourth-order valence-electron chi connectivity index (χ4n) is 1.11. The normalized spacial score (nSPS) is 11.8. The molecule has 17 heavy (non-hydrogen) atoms. The number of nitrogens with zero attached hydrogens (tertiary/aromatic N) is 1. The second kappa shape index (κ2) is 4.71. The summed E-state index contributed by atoms with van der Waals surface area (Å²) in [6.45, 7) is 0. The maximum Gasteiger partial charge on any atom is 0.298 e. The molecule has 0 aliphatic carbocycles. The van der Waals surface area contributed by atoms with Crippen molar-refractivity contribution in [3.8, 4) is 0 Å². The van der Waals surface area contributed by atoms with E-state index in [1.54, 1.807) is 0 Å². The topological polar surface area (TPSA) is 77.3 Å². The van der Waals surface area contributed by atoms with Gasteiger partial charge in [0.05, 0.1) is 10.5 Å². The first-order chi connectivity index (χ1) is 7.66. The molecule has 0 saturated carbocycles. The van der Waals surface area contributed by atoms with Crippen LogP contribution in [0.4, 0.5) is 14.5 Å². The van der Waals surface area contributed by atoms with Gasteiger partial charge in [0.2, 0.25) is 0 Å². The summed E-state index contributed by atoms with van der Waals surface area (Å²) < 4.78 is 46.9. The molecule has 0 atom stereocenters. The van der Waals surface area contributed by atoms with Gasteiger partial charge in [0, 0.05) is 10.7 Å². The van der Waals surface area contributed by atoms with Crippen molar-refractivity contribution in [1.29, 1.82) is 0 Å². The largest absolute Gasteiger partial charge is 0.298 e. The smallest absolute Gasteiger partial charge is 0.258 e. The number of hydrogen-bond donors (Lipinski definition) is 0. The van der Waals surface area contributed by atoms with Gasteiger partial charge in [0.25, 0.3) is 21.2 Å². The zero-order valence-corrected chi connectivity index (χ0v) is 10.1. The first kappa shape index (κ1) is 14.1. The molecule has 0 spiro atoms. The molecule has 0 N–H and O–H groups in total. The van der Waals surface area contributed by atoms with Crippen LogP contribution < -0.4 is 0 Å². The second-order valence-corrected chi connectivity index (χ2v) is 5.72.